The van der Waals surface area contributed by atoms with Crippen molar-refractivity contribution in [1.82, 2.24) is 0 Å². The number of hydrogen-bond acceptors (Lipinski definition) is 2. The maximum absolute atomic E-state index is 10.2. The minimum absolute atomic E-state index is 0. The lowest BCUT2D eigenvalue weighted by atomic mass is 10.2. The van der Waals surface area contributed by atoms with Crippen LogP contribution < -0.4 is 0 Å². The van der Waals surface area contributed by atoms with Crippen LogP contribution in [0.1, 0.15) is 35.1 Å². The molecule has 0 unspecified atom stereocenters. The van der Waals surface area contributed by atoms with E-state index in [9.17, 15) is 9.59 Å². The van der Waals surface area contributed by atoms with Gasteiger partial charge in [0.05, 0.1) is 0 Å². The van der Waals surface area contributed by atoms with E-state index >= 15 is 0 Å². The summed E-state index contributed by atoms with van der Waals surface area (Å²) in [6.45, 7) is 2.95. The third kappa shape index (κ3) is 7.34. The lowest BCUT2D eigenvalue weighted by molar-refractivity contribution is -0.135. The van der Waals surface area contributed by atoms with E-state index in [1.165, 1.54) is 6.92 Å². The maximum atomic E-state index is 10.2. The van der Waals surface area contributed by atoms with Crippen molar-refractivity contribution in [2.75, 3.05) is 0 Å². The minimum atomic E-state index is -0.345. The van der Waals surface area contributed by atoms with E-state index in [1.807, 2.05) is 0 Å². The third-order valence-corrected chi connectivity index (χ3v) is 0.714. The van der Waals surface area contributed by atoms with E-state index in [4.69, 9.17) is 0 Å². The zero-order chi connectivity index (χ0) is 5.86. The second-order valence-electron chi connectivity index (χ2n) is 1.33. The molecule has 0 fully saturated rings. The molecule has 0 aromatic carbocycles. The van der Waals surface area contributed by atoms with Crippen LogP contribution in [0.15, 0.2) is 0 Å². The van der Waals surface area contributed by atoms with Crippen LogP contribution in [0.4, 0.5) is 0 Å². The van der Waals surface area contributed by atoms with Gasteiger partial charge in [0.1, 0.15) is 0 Å². The highest BCUT2D eigenvalue weighted by atomic mass is 16.2. The van der Waals surface area contributed by atoms with Gasteiger partial charge < -0.3 is 0 Å². The van der Waals surface area contributed by atoms with Gasteiger partial charge in [-0.1, -0.05) is 21.8 Å². The first-order valence-electron chi connectivity index (χ1n) is 2.22. The van der Waals surface area contributed by atoms with Crippen molar-refractivity contribution in [3.05, 3.63) is 0 Å². The summed E-state index contributed by atoms with van der Waals surface area (Å²) in [6.07, 6.45) is 0.329. The molecule has 0 atom stereocenters. The van der Waals surface area contributed by atoms with Gasteiger partial charge in [0, 0.05) is 13.3 Å². The van der Waals surface area contributed by atoms with Gasteiger partial charge in [-0.05, 0) is 0 Å². The van der Waals surface area contributed by atoms with Crippen LogP contribution in [-0.4, -0.2) is 11.6 Å². The first kappa shape index (κ1) is 15.8. The molecule has 0 bridgehead atoms. The Labute approximate surface area is 57.3 Å². The molecule has 0 spiro atoms. The second kappa shape index (κ2) is 7.34. The number of Topliss-reactive ketones (excluding diaryl/α,β-unsaturated/α-hetero) is 2. The van der Waals surface area contributed by atoms with Crippen LogP contribution in [0.3, 0.4) is 0 Å². The summed E-state index contributed by atoms with van der Waals surface area (Å²) in [5, 5.41) is 0. The normalized spacial score (nSPS) is 6.44. The molecular formula is C7H16O2. The first-order valence-corrected chi connectivity index (χ1v) is 2.22. The van der Waals surface area contributed by atoms with Crippen LogP contribution in [0.2, 0.25) is 0 Å². The van der Waals surface area contributed by atoms with Gasteiger partial charge in [-0.3, -0.25) is 9.59 Å². The number of hydrogen-bond donors (Lipinski definition) is 0. The predicted octanol–water partition coefficient (Wildman–Crippen LogP) is 1.83. The largest absolute Gasteiger partial charge is 0.291 e. The van der Waals surface area contributed by atoms with Crippen LogP contribution >= 0.6 is 0 Å². The molecule has 0 saturated heterocycles. The Bertz CT molecular complexity index is 95.1. The molecule has 56 valence electrons. The molecule has 0 aliphatic rings. The summed E-state index contributed by atoms with van der Waals surface area (Å²) in [4.78, 5) is 20.2. The molecule has 0 aliphatic heterocycles. The van der Waals surface area contributed by atoms with E-state index in [1.54, 1.807) is 6.92 Å². The summed E-state index contributed by atoms with van der Waals surface area (Å²) in [6, 6.07) is 0. The van der Waals surface area contributed by atoms with Gasteiger partial charge in [0.25, 0.3) is 0 Å². The molecule has 0 heterocycles. The van der Waals surface area contributed by atoms with Gasteiger partial charge in [-0.25, -0.2) is 0 Å². The standard InChI is InChI=1S/C5H8O2.2CH4/c1-3-5(7)4(2)6;;/h3H2,1-2H3;2*1H4. The summed E-state index contributed by atoms with van der Waals surface area (Å²) < 4.78 is 0. The highest BCUT2D eigenvalue weighted by Gasteiger charge is 2.00. The quantitative estimate of drug-likeness (QED) is 0.537. The average Bonchev–Trinajstić information content (AvgIpc) is 1.65. The fraction of sp³-hybridized carbons (Fsp3) is 0.714. The van der Waals surface area contributed by atoms with Crippen molar-refractivity contribution in [3.8, 4) is 0 Å². The molecule has 2 nitrogen and oxygen atoms in total. The average molecular weight is 132 g/mol. The van der Waals surface area contributed by atoms with Crippen molar-refractivity contribution < 1.29 is 9.59 Å². The van der Waals surface area contributed by atoms with E-state index in [0.717, 1.165) is 0 Å². The Balaban J connectivity index is -0.000000180. The number of rotatable bonds is 2. The maximum Gasteiger partial charge on any atom is 0.197 e. The summed E-state index contributed by atoms with van der Waals surface area (Å²) in [5.41, 5.74) is 0. The molecular weight excluding hydrogens is 116 g/mol. The molecule has 9 heavy (non-hydrogen) atoms. The minimum Gasteiger partial charge on any atom is -0.291 e. The topological polar surface area (TPSA) is 34.1 Å². The van der Waals surface area contributed by atoms with Gasteiger partial charge in [0.15, 0.2) is 11.6 Å². The second-order valence-corrected chi connectivity index (χ2v) is 1.33. The Hall–Kier alpha value is -0.660. The summed E-state index contributed by atoms with van der Waals surface area (Å²) in [5.74, 6) is -0.637. The van der Waals surface area contributed by atoms with Crippen molar-refractivity contribution in [1.29, 1.82) is 0 Å². The molecule has 0 radical (unpaired) electrons. The van der Waals surface area contributed by atoms with Crippen LogP contribution in [0.5, 0.6) is 0 Å². The van der Waals surface area contributed by atoms with E-state index in [2.05, 4.69) is 0 Å². The van der Waals surface area contributed by atoms with Gasteiger partial charge in [-0.2, -0.15) is 0 Å². The first-order chi connectivity index (χ1) is 3.18. The van der Waals surface area contributed by atoms with Crippen LogP contribution in [-0.2, 0) is 9.59 Å². The molecule has 0 N–H and O–H groups in total. The van der Waals surface area contributed by atoms with E-state index in [-0.39, 0.29) is 26.4 Å². The lowest BCUT2D eigenvalue weighted by Gasteiger charge is -1.81. The molecule has 0 aromatic heterocycles. The van der Waals surface area contributed by atoms with Crippen LogP contribution in [0.25, 0.3) is 0 Å². The fourth-order valence-corrected chi connectivity index (χ4v) is 0.249. The zero-order valence-corrected chi connectivity index (χ0v) is 4.52. The lowest BCUT2D eigenvalue weighted by Crippen LogP contribution is -2.06. The molecule has 2 heteroatoms. The number of carbonyl (C=O) groups is 2. The van der Waals surface area contributed by atoms with E-state index < -0.39 is 0 Å². The smallest absolute Gasteiger partial charge is 0.197 e. The molecule has 0 rings (SSSR count). The zero-order valence-electron chi connectivity index (χ0n) is 4.52. The van der Waals surface area contributed by atoms with Gasteiger partial charge in [-0.15, -0.1) is 0 Å². The van der Waals surface area contributed by atoms with Crippen molar-refractivity contribution in [2.24, 2.45) is 0 Å². The predicted molar refractivity (Wildman–Crippen MR) is 39.4 cm³/mol. The van der Waals surface area contributed by atoms with Gasteiger partial charge >= 0.3 is 0 Å². The van der Waals surface area contributed by atoms with Crippen molar-refractivity contribution in [3.63, 3.8) is 0 Å². The van der Waals surface area contributed by atoms with Gasteiger partial charge in [0.2, 0.25) is 0 Å². The van der Waals surface area contributed by atoms with Crippen molar-refractivity contribution in [2.45, 2.75) is 35.1 Å². The van der Waals surface area contributed by atoms with Crippen LogP contribution in [0, 0.1) is 0 Å². The summed E-state index contributed by atoms with van der Waals surface area (Å²) in [7, 11) is 0. The number of ketones is 2. The highest BCUT2D eigenvalue weighted by molar-refractivity contribution is 6.36. The monoisotopic (exact) mass is 132 g/mol. The SMILES string of the molecule is C.C.CCC(=O)C(C)=O. The Morgan fingerprint density at radius 1 is 1.22 bits per heavy atom. The Morgan fingerprint density at radius 3 is 1.56 bits per heavy atom. The molecule has 0 amide bonds. The number of carbonyl (C=O) groups excluding carboxylic acids is 2. The molecule has 0 saturated carbocycles. The Morgan fingerprint density at radius 2 is 1.56 bits per heavy atom. The van der Waals surface area contributed by atoms with E-state index in [0.29, 0.717) is 6.42 Å². The van der Waals surface area contributed by atoms with Crippen molar-refractivity contribution >= 4 is 11.6 Å². The molecule has 0 aliphatic carbocycles. The summed E-state index contributed by atoms with van der Waals surface area (Å²) >= 11 is 0. The fourth-order valence-electron chi connectivity index (χ4n) is 0.249. The third-order valence-electron chi connectivity index (χ3n) is 0.714. The Kier molecular flexibility index (Phi) is 12.9. The molecule has 0 aromatic rings. The highest BCUT2D eigenvalue weighted by Crippen LogP contribution is 1.79.